The van der Waals surface area contributed by atoms with Crippen molar-refractivity contribution in [3.05, 3.63) is 85.1 Å². The Bertz CT molecular complexity index is 1490. The summed E-state index contributed by atoms with van der Waals surface area (Å²) in [5.74, 6) is -1.46. The second-order valence-corrected chi connectivity index (χ2v) is 17.1. The lowest BCUT2D eigenvalue weighted by Gasteiger charge is -2.41. The van der Waals surface area contributed by atoms with Crippen LogP contribution in [0.4, 0.5) is 0 Å². The number of phosphoric ester groups is 1. The maximum absolute atomic E-state index is 12.8. The molecule has 16 nitrogen and oxygen atoms in total. The van der Waals surface area contributed by atoms with Gasteiger partial charge in [-0.1, -0.05) is 131 Å². The van der Waals surface area contributed by atoms with Gasteiger partial charge in [-0.3, -0.25) is 18.6 Å². The Hall–Kier alpha value is -3.09. The first-order valence-corrected chi connectivity index (χ1v) is 24.2. The number of carbonyl (C=O) groups is 2. The van der Waals surface area contributed by atoms with E-state index in [0.29, 0.717) is 12.8 Å². The molecule has 0 spiro atoms. The average molecular weight is 929 g/mol. The van der Waals surface area contributed by atoms with Crippen LogP contribution < -0.4 is 0 Å². The fourth-order valence-corrected chi connectivity index (χ4v) is 7.22. The number of unbranched alkanes of at least 4 members (excludes halogenated alkanes) is 8. The van der Waals surface area contributed by atoms with E-state index in [2.05, 4.69) is 31.2 Å². The molecule has 0 aromatic rings. The van der Waals surface area contributed by atoms with Gasteiger partial charge < -0.3 is 55.2 Å². The van der Waals surface area contributed by atoms with Crippen molar-refractivity contribution in [2.24, 2.45) is 0 Å². The SMILES string of the molecule is CC/C=C\C[C@@H](O)/C=C/C=C/C=C\C=C/[C@H](O)[C@@H](O)CCCC(=O)OC[C@H](COP(=O)(O)OC1[C@H](O)[C@H](O)C(O)[C@H](O)[C@H]1O)OC(=O)CCCCCCC/C=C\C/C=C\CCCCC. The first-order valence-electron chi connectivity index (χ1n) is 22.7. The highest BCUT2D eigenvalue weighted by molar-refractivity contribution is 7.47. The molecule has 0 aromatic heterocycles. The number of esters is 2. The number of allylic oxidation sites excluding steroid dienone is 11. The first-order chi connectivity index (χ1) is 30.6. The number of ether oxygens (including phenoxy) is 2. The zero-order valence-corrected chi connectivity index (χ0v) is 38.5. The Morgan fingerprint density at radius 3 is 1.83 bits per heavy atom. The summed E-state index contributed by atoms with van der Waals surface area (Å²) in [5.41, 5.74) is 0. The number of aliphatic hydroxyl groups excluding tert-OH is 8. The van der Waals surface area contributed by atoms with Gasteiger partial charge in [0.2, 0.25) is 0 Å². The summed E-state index contributed by atoms with van der Waals surface area (Å²) in [6.45, 7) is 2.75. The topological polar surface area (TPSA) is 270 Å². The predicted molar refractivity (Wildman–Crippen MR) is 243 cm³/mol. The minimum atomic E-state index is -5.21. The minimum absolute atomic E-state index is 0.00171. The molecule has 0 radical (unpaired) electrons. The van der Waals surface area contributed by atoms with Gasteiger partial charge in [0.1, 0.15) is 43.2 Å². The lowest BCUT2D eigenvalue weighted by Crippen LogP contribution is -2.64. The van der Waals surface area contributed by atoms with Crippen molar-refractivity contribution in [3.63, 3.8) is 0 Å². The lowest BCUT2D eigenvalue weighted by molar-refractivity contribution is -0.220. The van der Waals surface area contributed by atoms with Crippen molar-refractivity contribution >= 4 is 19.8 Å². The molecule has 0 aromatic carbocycles. The molecular formula is C47H77O16P. The number of hydrogen-bond acceptors (Lipinski definition) is 15. The van der Waals surface area contributed by atoms with E-state index < -0.39 is 94.0 Å². The van der Waals surface area contributed by atoms with Gasteiger partial charge in [0.15, 0.2) is 6.10 Å². The molecule has 0 heterocycles. The van der Waals surface area contributed by atoms with Gasteiger partial charge in [0, 0.05) is 12.8 Å². The third kappa shape index (κ3) is 28.1. The monoisotopic (exact) mass is 928 g/mol. The van der Waals surface area contributed by atoms with Crippen LogP contribution in [0.5, 0.6) is 0 Å². The van der Waals surface area contributed by atoms with Crippen molar-refractivity contribution in [2.45, 2.75) is 184 Å². The highest BCUT2D eigenvalue weighted by Gasteiger charge is 2.51. The molecule has 64 heavy (non-hydrogen) atoms. The summed E-state index contributed by atoms with van der Waals surface area (Å²) in [6, 6.07) is 0. The zero-order chi connectivity index (χ0) is 47.6. The van der Waals surface area contributed by atoms with Gasteiger partial charge in [0.25, 0.3) is 0 Å². The van der Waals surface area contributed by atoms with Gasteiger partial charge in [0.05, 0.1) is 24.9 Å². The van der Waals surface area contributed by atoms with Crippen molar-refractivity contribution in [1.82, 2.24) is 0 Å². The van der Waals surface area contributed by atoms with E-state index in [-0.39, 0.29) is 25.7 Å². The molecule has 17 heteroatoms. The van der Waals surface area contributed by atoms with Crippen molar-refractivity contribution in [2.75, 3.05) is 13.2 Å². The lowest BCUT2D eigenvalue weighted by atomic mass is 9.85. The Balaban J connectivity index is 2.64. The summed E-state index contributed by atoms with van der Waals surface area (Å²) in [6.07, 6.45) is 21.3. The van der Waals surface area contributed by atoms with E-state index in [1.165, 1.54) is 25.3 Å². The van der Waals surface area contributed by atoms with E-state index in [0.717, 1.165) is 51.4 Å². The van der Waals surface area contributed by atoms with Crippen LogP contribution in [0.1, 0.15) is 123 Å². The molecular weight excluding hydrogens is 851 g/mol. The number of aliphatic hydroxyl groups is 8. The Kier molecular flexibility index (Phi) is 33.2. The largest absolute Gasteiger partial charge is 0.472 e. The smallest absolute Gasteiger partial charge is 0.462 e. The van der Waals surface area contributed by atoms with Crippen LogP contribution in [-0.4, -0.2) is 132 Å². The molecule has 1 rings (SSSR count). The van der Waals surface area contributed by atoms with Crippen LogP contribution in [0.25, 0.3) is 0 Å². The molecule has 1 aliphatic rings. The third-order valence-corrected chi connectivity index (χ3v) is 11.0. The van der Waals surface area contributed by atoms with E-state index in [4.69, 9.17) is 18.5 Å². The molecule has 0 amide bonds. The minimum Gasteiger partial charge on any atom is -0.462 e. The van der Waals surface area contributed by atoms with Crippen LogP contribution in [0.2, 0.25) is 0 Å². The Morgan fingerprint density at radius 1 is 0.625 bits per heavy atom. The molecule has 1 fully saturated rings. The summed E-state index contributed by atoms with van der Waals surface area (Å²) in [7, 11) is -5.21. The van der Waals surface area contributed by atoms with Gasteiger partial charge in [-0.05, 0) is 64.2 Å². The van der Waals surface area contributed by atoms with Gasteiger partial charge in [-0.15, -0.1) is 0 Å². The molecule has 366 valence electrons. The molecule has 3 unspecified atom stereocenters. The zero-order valence-electron chi connectivity index (χ0n) is 37.6. The normalized spacial score (nSPS) is 23.9. The Morgan fingerprint density at radius 2 is 1.19 bits per heavy atom. The predicted octanol–water partition coefficient (Wildman–Crippen LogP) is 5.41. The van der Waals surface area contributed by atoms with Crippen LogP contribution >= 0.6 is 7.82 Å². The molecule has 11 atom stereocenters. The molecule has 0 bridgehead atoms. The first kappa shape index (κ1) is 58.9. The van der Waals surface area contributed by atoms with Gasteiger partial charge in [-0.2, -0.15) is 0 Å². The summed E-state index contributed by atoms with van der Waals surface area (Å²) in [4.78, 5) is 35.7. The molecule has 9 N–H and O–H groups in total. The molecule has 1 aliphatic carbocycles. The standard InChI is InChI=1S/C47H77O16P/c1-3-5-7-8-9-10-11-12-13-14-15-16-17-22-26-32-41(52)62-37(35-61-64(58,59)63-47-45(56)43(54)42(53)44(55)46(47)57)34-60-40(51)33-27-31-39(50)38(49)30-25-21-19-18-20-24-29-36(48)28-23-6-4-2/h6,9-10,12-13,18-21,23-25,29-30,36-39,42-50,53-57H,3-5,7-8,11,14-17,22,26-28,31-35H2,1-2H3,(H,58,59)/b10-9-,13-12-,20-18+,21-19-,23-6-,29-24+,30-25-/t36-,37-,38+,39+,42?,43-,44+,45-,46-,47?/m1/s1. The van der Waals surface area contributed by atoms with Crippen LogP contribution in [-0.2, 0) is 32.7 Å². The van der Waals surface area contributed by atoms with Crippen LogP contribution in [0.15, 0.2) is 85.1 Å². The maximum atomic E-state index is 12.8. The van der Waals surface area contributed by atoms with Gasteiger partial charge >= 0.3 is 19.8 Å². The van der Waals surface area contributed by atoms with Crippen LogP contribution in [0.3, 0.4) is 0 Å². The number of rotatable bonds is 35. The van der Waals surface area contributed by atoms with E-state index >= 15 is 0 Å². The van der Waals surface area contributed by atoms with E-state index in [1.807, 2.05) is 19.1 Å². The van der Waals surface area contributed by atoms with E-state index in [1.54, 1.807) is 42.5 Å². The second kappa shape index (κ2) is 36.1. The summed E-state index contributed by atoms with van der Waals surface area (Å²) < 4.78 is 33.2. The highest BCUT2D eigenvalue weighted by atomic mass is 31.2. The van der Waals surface area contributed by atoms with Gasteiger partial charge in [-0.25, -0.2) is 4.57 Å². The van der Waals surface area contributed by atoms with E-state index in [9.17, 15) is 59.9 Å². The fraction of sp³-hybridized carbons (Fsp3) is 0.660. The number of hydrogen-bond donors (Lipinski definition) is 9. The number of carbonyl (C=O) groups excluding carboxylic acids is 2. The van der Waals surface area contributed by atoms with Crippen molar-refractivity contribution in [3.8, 4) is 0 Å². The third-order valence-electron chi connectivity index (χ3n) is 10.1. The average Bonchev–Trinajstić information content (AvgIpc) is 3.26. The molecule has 0 aliphatic heterocycles. The highest BCUT2D eigenvalue weighted by Crippen LogP contribution is 2.47. The quantitative estimate of drug-likeness (QED) is 0.0126. The summed E-state index contributed by atoms with van der Waals surface area (Å²) in [5, 5.41) is 80.6. The fourth-order valence-electron chi connectivity index (χ4n) is 6.25. The molecule has 0 saturated heterocycles. The van der Waals surface area contributed by atoms with Crippen LogP contribution in [0, 0.1) is 0 Å². The second-order valence-electron chi connectivity index (χ2n) is 15.7. The summed E-state index contributed by atoms with van der Waals surface area (Å²) >= 11 is 0. The maximum Gasteiger partial charge on any atom is 0.472 e. The van der Waals surface area contributed by atoms with Crippen molar-refractivity contribution in [1.29, 1.82) is 0 Å². The number of phosphoric acid groups is 1. The Labute approximate surface area is 379 Å². The molecule has 1 saturated carbocycles. The van der Waals surface area contributed by atoms with Crippen molar-refractivity contribution < 1.29 is 78.4 Å².